The average Bonchev–Trinajstić information content (AvgIpc) is 3.28. The number of anilines is 1. The van der Waals surface area contributed by atoms with Gasteiger partial charge in [0, 0.05) is 30.3 Å². The molecule has 0 saturated heterocycles. The van der Waals surface area contributed by atoms with Crippen molar-refractivity contribution in [1.82, 2.24) is 14.5 Å². The number of ether oxygens (including phenoxy) is 1. The quantitative estimate of drug-likeness (QED) is 0.387. The zero-order valence-corrected chi connectivity index (χ0v) is 16.0. The van der Waals surface area contributed by atoms with Gasteiger partial charge in [0.15, 0.2) is 5.11 Å². The molecule has 0 aliphatic carbocycles. The number of carbonyl (C=O) groups is 2. The molecule has 0 bridgehead atoms. The van der Waals surface area contributed by atoms with Gasteiger partial charge in [-0.1, -0.05) is 0 Å². The van der Waals surface area contributed by atoms with E-state index in [2.05, 4.69) is 4.98 Å². The largest absolute Gasteiger partial charge is 0.466 e. The van der Waals surface area contributed by atoms with Crippen LogP contribution in [0.1, 0.15) is 30.4 Å². The first-order valence-electron chi connectivity index (χ1n) is 8.89. The summed E-state index contributed by atoms with van der Waals surface area (Å²) in [7, 11) is 0. The number of nitrogens with zero attached hydrogens (tertiary/aromatic N) is 3. The van der Waals surface area contributed by atoms with Crippen LogP contribution >= 0.6 is 12.2 Å². The molecule has 0 atom stereocenters. The molecule has 0 saturated carbocycles. The Kier molecular flexibility index (Phi) is 4.60. The van der Waals surface area contributed by atoms with Crippen molar-refractivity contribution in [3.8, 4) is 11.3 Å². The molecule has 4 rings (SSSR count). The van der Waals surface area contributed by atoms with Crippen molar-refractivity contribution >= 4 is 46.1 Å². The second-order valence-electron chi connectivity index (χ2n) is 6.34. The minimum atomic E-state index is -0.297. The number of thiocarbonyl (C=S) groups is 1. The van der Waals surface area contributed by atoms with E-state index in [1.54, 1.807) is 25.1 Å². The van der Waals surface area contributed by atoms with Gasteiger partial charge in [-0.2, -0.15) is 0 Å². The van der Waals surface area contributed by atoms with Crippen LogP contribution in [0, 0.1) is 0 Å². The van der Waals surface area contributed by atoms with Crippen molar-refractivity contribution in [3.05, 3.63) is 36.2 Å². The summed E-state index contributed by atoms with van der Waals surface area (Å²) in [6.07, 6.45) is 0.674. The average molecular weight is 398 g/mol. The monoisotopic (exact) mass is 398 g/mol. The van der Waals surface area contributed by atoms with Crippen LogP contribution in [0.3, 0.4) is 0 Å². The molecular formula is C19H18N4O4S. The first-order chi connectivity index (χ1) is 13.5. The fourth-order valence-corrected chi connectivity index (χ4v) is 3.47. The highest BCUT2D eigenvalue weighted by Crippen LogP contribution is 2.31. The molecule has 28 heavy (non-hydrogen) atoms. The number of rotatable bonds is 6. The molecule has 144 valence electrons. The van der Waals surface area contributed by atoms with Gasteiger partial charge in [0.1, 0.15) is 11.3 Å². The third-order valence-corrected chi connectivity index (χ3v) is 4.86. The van der Waals surface area contributed by atoms with Gasteiger partial charge in [0.05, 0.1) is 6.61 Å². The Morgan fingerprint density at radius 2 is 2.07 bits per heavy atom. The maximum atomic E-state index is 12.7. The fraction of sp³-hybridized carbons (Fsp3) is 0.263. The summed E-state index contributed by atoms with van der Waals surface area (Å²) < 4.78 is 12.4. The highest BCUT2D eigenvalue weighted by molar-refractivity contribution is 7.80. The molecule has 2 N–H and O–H groups in total. The lowest BCUT2D eigenvalue weighted by Gasteiger charge is -2.14. The van der Waals surface area contributed by atoms with Crippen molar-refractivity contribution < 1.29 is 18.7 Å². The van der Waals surface area contributed by atoms with E-state index < -0.39 is 0 Å². The molecule has 1 aliphatic heterocycles. The number of benzene rings is 1. The summed E-state index contributed by atoms with van der Waals surface area (Å²) in [5.41, 5.74) is 8.21. The van der Waals surface area contributed by atoms with Crippen molar-refractivity contribution in [1.29, 1.82) is 0 Å². The Bertz CT molecular complexity index is 1080. The molecule has 0 radical (unpaired) electrons. The maximum absolute atomic E-state index is 12.7. The lowest BCUT2D eigenvalue weighted by atomic mass is 10.1. The molecule has 8 nitrogen and oxygen atoms in total. The summed E-state index contributed by atoms with van der Waals surface area (Å²) in [4.78, 5) is 30.0. The van der Waals surface area contributed by atoms with Crippen molar-refractivity contribution in [2.24, 2.45) is 0 Å². The maximum Gasteiger partial charge on any atom is 0.305 e. The van der Waals surface area contributed by atoms with Crippen LogP contribution < -0.4 is 5.73 Å². The standard InChI is InChI=1S/C19H18N4O4S/c1-2-26-15(24)4-3-9-22-17(25)16-21-13-10-14(11-5-7-12(20)8-6-11)27-18(13)23(16)19(22)28/h5-8,10H,2-4,9,20H2,1H3. The summed E-state index contributed by atoms with van der Waals surface area (Å²) in [6, 6.07) is 9.04. The van der Waals surface area contributed by atoms with Gasteiger partial charge < -0.3 is 14.9 Å². The van der Waals surface area contributed by atoms with E-state index in [9.17, 15) is 9.59 Å². The molecule has 2 aromatic heterocycles. The van der Waals surface area contributed by atoms with Crippen LogP contribution in [-0.4, -0.2) is 44.6 Å². The number of carbonyl (C=O) groups excluding carboxylic acids is 2. The van der Waals surface area contributed by atoms with E-state index in [1.807, 2.05) is 12.1 Å². The van der Waals surface area contributed by atoms with Crippen LogP contribution in [0.5, 0.6) is 0 Å². The van der Waals surface area contributed by atoms with Crippen LogP contribution in [-0.2, 0) is 9.53 Å². The van der Waals surface area contributed by atoms with Gasteiger partial charge in [0.25, 0.3) is 5.91 Å². The zero-order chi connectivity index (χ0) is 19.8. The third kappa shape index (κ3) is 3.03. The SMILES string of the molecule is CCOC(=O)CCCN1C(=O)c2nc3cc(-c4ccc(N)cc4)oc3n2C1=S. The Balaban J connectivity index is 1.56. The van der Waals surface area contributed by atoms with Crippen LogP contribution in [0.2, 0.25) is 0 Å². The summed E-state index contributed by atoms with van der Waals surface area (Å²) in [5.74, 6) is 0.246. The number of amides is 1. The van der Waals surface area contributed by atoms with Crippen molar-refractivity contribution in [2.45, 2.75) is 19.8 Å². The Hall–Kier alpha value is -3.20. The summed E-state index contributed by atoms with van der Waals surface area (Å²) in [5, 5.41) is 0.296. The van der Waals surface area contributed by atoms with Gasteiger partial charge in [-0.25, -0.2) is 9.55 Å². The van der Waals surface area contributed by atoms with E-state index in [0.29, 0.717) is 47.4 Å². The number of hydrogen-bond acceptors (Lipinski definition) is 7. The summed E-state index contributed by atoms with van der Waals surface area (Å²) >= 11 is 5.46. The predicted octanol–water partition coefficient (Wildman–Crippen LogP) is 2.81. The fourth-order valence-electron chi connectivity index (χ4n) is 3.12. The molecular weight excluding hydrogens is 380 g/mol. The van der Waals surface area contributed by atoms with Crippen LogP contribution in [0.25, 0.3) is 22.6 Å². The second-order valence-corrected chi connectivity index (χ2v) is 6.71. The predicted molar refractivity (Wildman–Crippen MR) is 107 cm³/mol. The normalized spacial score (nSPS) is 13.4. The number of aromatic nitrogens is 2. The second kappa shape index (κ2) is 7.08. The van der Waals surface area contributed by atoms with Gasteiger partial charge in [0.2, 0.25) is 11.5 Å². The Morgan fingerprint density at radius 1 is 1.32 bits per heavy atom. The number of fused-ring (bicyclic) bond motifs is 3. The first-order valence-corrected chi connectivity index (χ1v) is 9.30. The van der Waals surface area contributed by atoms with Gasteiger partial charge in [-0.05, 0) is 49.8 Å². The lowest BCUT2D eigenvalue weighted by molar-refractivity contribution is -0.143. The van der Waals surface area contributed by atoms with E-state index >= 15 is 0 Å². The van der Waals surface area contributed by atoms with E-state index in [0.717, 1.165) is 5.56 Å². The third-order valence-electron chi connectivity index (χ3n) is 4.46. The van der Waals surface area contributed by atoms with Crippen LogP contribution in [0.15, 0.2) is 34.7 Å². The number of furan rings is 1. The van der Waals surface area contributed by atoms with Gasteiger partial charge >= 0.3 is 5.97 Å². The molecule has 1 aromatic carbocycles. The number of imidazole rings is 1. The molecule has 9 heteroatoms. The first kappa shape index (κ1) is 18.2. The summed E-state index contributed by atoms with van der Waals surface area (Å²) in [6.45, 7) is 2.40. The molecule has 0 fully saturated rings. The number of esters is 1. The van der Waals surface area contributed by atoms with E-state index in [1.165, 1.54) is 9.47 Å². The molecule has 3 aromatic rings. The van der Waals surface area contributed by atoms with Crippen molar-refractivity contribution in [2.75, 3.05) is 18.9 Å². The topological polar surface area (TPSA) is 104 Å². The highest BCUT2D eigenvalue weighted by Gasteiger charge is 2.37. The highest BCUT2D eigenvalue weighted by atomic mass is 32.1. The Labute approximate surface area is 165 Å². The number of nitrogens with two attached hydrogens (primary N) is 1. The molecule has 3 heterocycles. The molecule has 0 unspecified atom stereocenters. The number of hydrogen-bond donors (Lipinski definition) is 1. The van der Waals surface area contributed by atoms with Gasteiger partial charge in [-0.3, -0.25) is 14.5 Å². The number of nitrogen functional groups attached to an aromatic ring is 1. The van der Waals surface area contributed by atoms with E-state index in [4.69, 9.17) is 27.1 Å². The van der Waals surface area contributed by atoms with Gasteiger partial charge in [-0.15, -0.1) is 0 Å². The molecule has 0 spiro atoms. The lowest BCUT2D eigenvalue weighted by Crippen LogP contribution is -2.32. The Morgan fingerprint density at radius 3 is 2.79 bits per heavy atom. The minimum Gasteiger partial charge on any atom is -0.466 e. The molecule has 1 amide bonds. The van der Waals surface area contributed by atoms with Crippen LogP contribution in [0.4, 0.5) is 5.69 Å². The minimum absolute atomic E-state index is 0.221. The molecule has 1 aliphatic rings. The van der Waals surface area contributed by atoms with E-state index in [-0.39, 0.29) is 24.1 Å². The zero-order valence-electron chi connectivity index (χ0n) is 15.2. The smallest absolute Gasteiger partial charge is 0.305 e. The van der Waals surface area contributed by atoms with Crippen molar-refractivity contribution in [3.63, 3.8) is 0 Å².